The van der Waals surface area contributed by atoms with Crippen molar-refractivity contribution in [2.45, 2.75) is 11.0 Å². The average molecular weight is 285 g/mol. The first-order valence-corrected chi connectivity index (χ1v) is 6.95. The first-order chi connectivity index (χ1) is 8.95. The van der Waals surface area contributed by atoms with Crippen molar-refractivity contribution in [2.75, 3.05) is 25.4 Å². The molecule has 1 atom stereocenters. The van der Waals surface area contributed by atoms with Crippen LogP contribution < -0.4 is 5.73 Å². The number of hydrogen-bond acceptors (Lipinski definition) is 5. The largest absolute Gasteiger partial charge is 0.396 e. The molecule has 1 saturated heterocycles. The molecule has 6 nitrogen and oxygen atoms in total. The number of halogens is 1. The number of morpholine rings is 1. The molecule has 1 fully saturated rings. The summed E-state index contributed by atoms with van der Waals surface area (Å²) in [5, 5.41) is 8.75. The van der Waals surface area contributed by atoms with Gasteiger partial charge in [-0.05, 0) is 18.2 Å². The fourth-order valence-electron chi connectivity index (χ4n) is 1.74. The van der Waals surface area contributed by atoms with E-state index < -0.39 is 21.9 Å². The Morgan fingerprint density at radius 1 is 1.53 bits per heavy atom. The molecular formula is C11H12FN3O3S. The van der Waals surface area contributed by atoms with Crippen LogP contribution in [-0.2, 0) is 14.8 Å². The lowest BCUT2D eigenvalue weighted by Gasteiger charge is -2.28. The van der Waals surface area contributed by atoms with E-state index in [1.807, 2.05) is 6.07 Å². The molecule has 2 N–H and O–H groups in total. The minimum Gasteiger partial charge on any atom is -0.396 e. The number of benzene rings is 1. The highest BCUT2D eigenvalue weighted by molar-refractivity contribution is 7.89. The first kappa shape index (κ1) is 13.7. The normalized spacial score (nSPS) is 20.9. The first-order valence-electron chi connectivity index (χ1n) is 5.51. The molecule has 0 amide bonds. The molecular weight excluding hydrogens is 273 g/mol. The lowest BCUT2D eigenvalue weighted by molar-refractivity contribution is 0.0311. The zero-order valence-corrected chi connectivity index (χ0v) is 10.7. The van der Waals surface area contributed by atoms with Gasteiger partial charge in [-0.25, -0.2) is 12.8 Å². The summed E-state index contributed by atoms with van der Waals surface area (Å²) < 4.78 is 44.0. The zero-order valence-electron chi connectivity index (χ0n) is 9.91. The Bertz CT molecular complexity index is 627. The van der Waals surface area contributed by atoms with Gasteiger partial charge in [0, 0.05) is 6.54 Å². The minimum absolute atomic E-state index is 0.0647. The highest BCUT2D eigenvalue weighted by Crippen LogP contribution is 2.21. The summed E-state index contributed by atoms with van der Waals surface area (Å²) in [5.74, 6) is -0.786. The number of nitrogens with two attached hydrogens (primary N) is 1. The van der Waals surface area contributed by atoms with E-state index in [2.05, 4.69) is 0 Å². The average Bonchev–Trinajstić information content (AvgIpc) is 2.41. The molecule has 0 radical (unpaired) electrons. The Morgan fingerprint density at radius 3 is 2.89 bits per heavy atom. The van der Waals surface area contributed by atoms with Crippen molar-refractivity contribution < 1.29 is 17.5 Å². The molecule has 0 spiro atoms. The number of anilines is 1. The molecule has 0 bridgehead atoms. The van der Waals surface area contributed by atoms with Crippen LogP contribution in [0.15, 0.2) is 23.1 Å². The van der Waals surface area contributed by atoms with Crippen LogP contribution in [0.5, 0.6) is 0 Å². The number of nitrogen functional groups attached to an aromatic ring is 1. The molecule has 1 heterocycles. The quantitative estimate of drug-likeness (QED) is 0.789. The molecule has 1 aromatic carbocycles. The summed E-state index contributed by atoms with van der Waals surface area (Å²) in [5.41, 5.74) is 5.19. The van der Waals surface area contributed by atoms with E-state index in [9.17, 15) is 12.8 Å². The number of nitriles is 1. The third-order valence-corrected chi connectivity index (χ3v) is 4.64. The van der Waals surface area contributed by atoms with Crippen molar-refractivity contribution in [1.82, 2.24) is 4.31 Å². The molecule has 0 aliphatic carbocycles. The van der Waals surface area contributed by atoms with E-state index in [1.54, 1.807) is 0 Å². The fraction of sp³-hybridized carbons (Fsp3) is 0.364. The Balaban J connectivity index is 2.31. The number of ether oxygens (including phenoxy) is 1. The van der Waals surface area contributed by atoms with Gasteiger partial charge in [-0.2, -0.15) is 9.57 Å². The van der Waals surface area contributed by atoms with Crippen molar-refractivity contribution >= 4 is 15.7 Å². The van der Waals surface area contributed by atoms with Gasteiger partial charge >= 0.3 is 0 Å². The predicted molar refractivity (Wildman–Crippen MR) is 64.9 cm³/mol. The van der Waals surface area contributed by atoms with Crippen LogP contribution in [0.1, 0.15) is 0 Å². The maximum absolute atomic E-state index is 13.3. The minimum atomic E-state index is -3.84. The Hall–Kier alpha value is -1.69. The van der Waals surface area contributed by atoms with Crippen LogP contribution >= 0.6 is 0 Å². The summed E-state index contributed by atoms with van der Waals surface area (Å²) >= 11 is 0. The molecule has 0 saturated carbocycles. The van der Waals surface area contributed by atoms with Gasteiger partial charge in [0.2, 0.25) is 10.0 Å². The smallest absolute Gasteiger partial charge is 0.243 e. The molecule has 0 aromatic heterocycles. The second kappa shape index (κ2) is 5.13. The molecule has 102 valence electrons. The number of rotatable bonds is 2. The van der Waals surface area contributed by atoms with Crippen LogP contribution in [-0.4, -0.2) is 38.5 Å². The van der Waals surface area contributed by atoms with Crippen LogP contribution in [0.3, 0.4) is 0 Å². The monoisotopic (exact) mass is 285 g/mol. The maximum Gasteiger partial charge on any atom is 0.243 e. The van der Waals surface area contributed by atoms with Crippen LogP contribution in [0.2, 0.25) is 0 Å². The van der Waals surface area contributed by atoms with Gasteiger partial charge in [0.1, 0.15) is 5.82 Å². The number of hydrogen-bond donors (Lipinski definition) is 1. The van der Waals surface area contributed by atoms with Crippen molar-refractivity contribution in [3.8, 4) is 6.07 Å². The van der Waals surface area contributed by atoms with Gasteiger partial charge in [0.05, 0.1) is 29.8 Å². The Kier molecular flexibility index (Phi) is 3.71. The summed E-state index contributed by atoms with van der Waals surface area (Å²) in [6.45, 7) is 0.201. The maximum atomic E-state index is 13.3. The van der Waals surface area contributed by atoms with Crippen molar-refractivity contribution in [3.63, 3.8) is 0 Å². The van der Waals surface area contributed by atoms with Gasteiger partial charge in [0.15, 0.2) is 6.10 Å². The van der Waals surface area contributed by atoms with Crippen molar-refractivity contribution in [1.29, 1.82) is 5.26 Å². The predicted octanol–water partition coefficient (Wildman–Crippen LogP) is 0.321. The second-order valence-corrected chi connectivity index (χ2v) is 5.97. The lowest BCUT2D eigenvalue weighted by atomic mass is 10.3. The molecule has 1 aliphatic heterocycles. The molecule has 1 aromatic rings. The molecule has 1 unspecified atom stereocenters. The van der Waals surface area contributed by atoms with Crippen LogP contribution in [0, 0.1) is 17.1 Å². The zero-order chi connectivity index (χ0) is 14.0. The van der Waals surface area contributed by atoms with E-state index in [0.717, 1.165) is 10.4 Å². The molecule has 2 rings (SSSR count). The SMILES string of the molecule is N#CC1CN(S(=O)(=O)c2ccc(N)c(F)c2)CCO1. The van der Waals surface area contributed by atoms with Gasteiger partial charge < -0.3 is 10.5 Å². The molecule has 19 heavy (non-hydrogen) atoms. The summed E-state index contributed by atoms with van der Waals surface area (Å²) in [7, 11) is -3.84. The Morgan fingerprint density at radius 2 is 2.26 bits per heavy atom. The van der Waals surface area contributed by atoms with E-state index >= 15 is 0 Å². The molecule has 8 heteroatoms. The standard InChI is InChI=1S/C11H12FN3O3S/c12-10-5-9(1-2-11(10)14)19(16,17)15-3-4-18-8(6-13)7-15/h1-2,5,8H,3-4,7,14H2. The second-order valence-electron chi connectivity index (χ2n) is 4.03. The van der Waals surface area contributed by atoms with Crippen molar-refractivity contribution in [3.05, 3.63) is 24.0 Å². The highest BCUT2D eigenvalue weighted by atomic mass is 32.2. The summed E-state index contributed by atoms with van der Waals surface area (Å²) in [4.78, 5) is -0.183. The fourth-order valence-corrected chi connectivity index (χ4v) is 3.18. The highest BCUT2D eigenvalue weighted by Gasteiger charge is 2.31. The van der Waals surface area contributed by atoms with Gasteiger partial charge in [-0.15, -0.1) is 0 Å². The Labute approximate surface area is 110 Å². The third kappa shape index (κ3) is 2.68. The van der Waals surface area contributed by atoms with E-state index in [0.29, 0.717) is 0 Å². The third-order valence-electron chi connectivity index (χ3n) is 2.78. The van der Waals surface area contributed by atoms with E-state index in [4.69, 9.17) is 15.7 Å². The summed E-state index contributed by atoms with van der Waals surface area (Å²) in [6, 6.07) is 5.17. The summed E-state index contributed by atoms with van der Waals surface area (Å²) in [6.07, 6.45) is -0.804. The van der Waals surface area contributed by atoms with Gasteiger partial charge in [-0.3, -0.25) is 0 Å². The van der Waals surface area contributed by atoms with Gasteiger partial charge in [-0.1, -0.05) is 0 Å². The molecule has 1 aliphatic rings. The van der Waals surface area contributed by atoms with Gasteiger partial charge in [0.25, 0.3) is 0 Å². The van der Waals surface area contributed by atoms with E-state index in [1.165, 1.54) is 12.1 Å². The lowest BCUT2D eigenvalue weighted by Crippen LogP contribution is -2.45. The van der Waals surface area contributed by atoms with Crippen LogP contribution in [0.25, 0.3) is 0 Å². The van der Waals surface area contributed by atoms with Crippen LogP contribution in [0.4, 0.5) is 10.1 Å². The number of nitrogens with zero attached hydrogens (tertiary/aromatic N) is 2. The number of sulfonamides is 1. The van der Waals surface area contributed by atoms with E-state index in [-0.39, 0.29) is 30.3 Å². The topological polar surface area (TPSA) is 96.4 Å². The van der Waals surface area contributed by atoms with Crippen molar-refractivity contribution in [2.24, 2.45) is 0 Å².